The molecule has 0 bridgehead atoms. The number of carbonyl (C=O) groups is 2. The second-order valence-corrected chi connectivity index (χ2v) is 6.67. The Labute approximate surface area is 146 Å². The molecule has 0 unspecified atom stereocenters. The van der Waals surface area contributed by atoms with Gasteiger partial charge in [0.2, 0.25) is 0 Å². The Hall–Kier alpha value is -2.21. The van der Waals surface area contributed by atoms with E-state index in [-0.39, 0.29) is 11.8 Å². The Morgan fingerprint density at radius 1 is 1.25 bits per heavy atom. The standard InChI is InChI=1S/C18H23N3O2S/c1-4-5-9-15-21-12(2)16(24-15)18(23)20-11-13-7-6-8-14(10-13)17(22)19-3/h6-8,10H,4-5,9,11H2,1-3H3,(H,19,22)(H,20,23). The molecule has 0 saturated carbocycles. The van der Waals surface area contributed by atoms with E-state index in [0.29, 0.717) is 17.0 Å². The number of hydrogen-bond acceptors (Lipinski definition) is 4. The van der Waals surface area contributed by atoms with Crippen molar-refractivity contribution in [1.82, 2.24) is 15.6 Å². The van der Waals surface area contributed by atoms with Crippen molar-refractivity contribution in [2.45, 2.75) is 39.7 Å². The predicted molar refractivity (Wildman–Crippen MR) is 96.5 cm³/mol. The fourth-order valence-corrected chi connectivity index (χ4v) is 3.35. The summed E-state index contributed by atoms with van der Waals surface area (Å²) >= 11 is 1.47. The van der Waals surface area contributed by atoms with Crippen molar-refractivity contribution in [3.05, 3.63) is 51.0 Å². The summed E-state index contributed by atoms with van der Waals surface area (Å²) in [4.78, 5) is 29.2. The van der Waals surface area contributed by atoms with Crippen LogP contribution in [0.2, 0.25) is 0 Å². The van der Waals surface area contributed by atoms with Gasteiger partial charge in [-0.3, -0.25) is 9.59 Å². The van der Waals surface area contributed by atoms with Crippen LogP contribution in [0.3, 0.4) is 0 Å². The zero-order valence-electron chi connectivity index (χ0n) is 14.3. The molecule has 2 rings (SSSR count). The maximum atomic E-state index is 12.4. The normalized spacial score (nSPS) is 10.5. The minimum Gasteiger partial charge on any atom is -0.355 e. The first-order chi connectivity index (χ1) is 11.5. The van der Waals surface area contributed by atoms with Crippen LogP contribution in [-0.2, 0) is 13.0 Å². The zero-order valence-corrected chi connectivity index (χ0v) is 15.1. The van der Waals surface area contributed by atoms with Crippen LogP contribution in [0, 0.1) is 6.92 Å². The van der Waals surface area contributed by atoms with Crippen molar-refractivity contribution in [3.63, 3.8) is 0 Å². The third-order valence-electron chi connectivity index (χ3n) is 3.66. The molecule has 0 aliphatic carbocycles. The average Bonchev–Trinajstić information content (AvgIpc) is 2.98. The summed E-state index contributed by atoms with van der Waals surface area (Å²) in [7, 11) is 1.60. The molecule has 2 amide bonds. The van der Waals surface area contributed by atoms with Crippen LogP contribution in [0.1, 0.15) is 56.1 Å². The number of aryl methyl sites for hydroxylation is 2. The molecule has 0 fully saturated rings. The van der Waals surface area contributed by atoms with Crippen molar-refractivity contribution in [1.29, 1.82) is 0 Å². The van der Waals surface area contributed by atoms with Crippen molar-refractivity contribution < 1.29 is 9.59 Å². The number of aromatic nitrogens is 1. The van der Waals surface area contributed by atoms with E-state index in [2.05, 4.69) is 22.5 Å². The summed E-state index contributed by atoms with van der Waals surface area (Å²) in [5, 5.41) is 6.52. The van der Waals surface area contributed by atoms with Gasteiger partial charge in [0.25, 0.3) is 11.8 Å². The summed E-state index contributed by atoms with van der Waals surface area (Å²) in [6.07, 6.45) is 3.12. The van der Waals surface area contributed by atoms with Crippen LogP contribution >= 0.6 is 11.3 Å². The van der Waals surface area contributed by atoms with E-state index in [1.54, 1.807) is 19.2 Å². The van der Waals surface area contributed by atoms with Gasteiger partial charge in [0.15, 0.2) is 0 Å². The first-order valence-electron chi connectivity index (χ1n) is 8.10. The fourth-order valence-electron chi connectivity index (χ4n) is 2.33. The van der Waals surface area contributed by atoms with Gasteiger partial charge in [-0.2, -0.15) is 0 Å². The smallest absolute Gasteiger partial charge is 0.263 e. The van der Waals surface area contributed by atoms with Gasteiger partial charge in [-0.25, -0.2) is 4.98 Å². The number of nitrogens with one attached hydrogen (secondary N) is 2. The van der Waals surface area contributed by atoms with Crippen LogP contribution in [0.15, 0.2) is 24.3 Å². The highest BCUT2D eigenvalue weighted by Crippen LogP contribution is 2.20. The molecule has 2 N–H and O–H groups in total. The van der Waals surface area contributed by atoms with Crippen molar-refractivity contribution in [2.24, 2.45) is 0 Å². The second-order valence-electron chi connectivity index (χ2n) is 5.59. The van der Waals surface area contributed by atoms with Gasteiger partial charge in [0.1, 0.15) is 4.88 Å². The molecule has 1 aromatic heterocycles. The highest BCUT2D eigenvalue weighted by molar-refractivity contribution is 7.13. The number of amides is 2. The maximum absolute atomic E-state index is 12.4. The molecule has 0 atom stereocenters. The quantitative estimate of drug-likeness (QED) is 0.810. The van der Waals surface area contributed by atoms with Gasteiger partial charge in [0.05, 0.1) is 10.7 Å². The Morgan fingerprint density at radius 2 is 2.04 bits per heavy atom. The Bertz CT molecular complexity index is 725. The van der Waals surface area contributed by atoms with E-state index >= 15 is 0 Å². The Morgan fingerprint density at radius 3 is 2.75 bits per heavy atom. The third-order valence-corrected chi connectivity index (χ3v) is 4.88. The van der Waals surface area contributed by atoms with Crippen LogP contribution < -0.4 is 10.6 Å². The number of hydrogen-bond donors (Lipinski definition) is 2. The fraction of sp³-hybridized carbons (Fsp3) is 0.389. The molecule has 5 nitrogen and oxygen atoms in total. The summed E-state index contributed by atoms with van der Waals surface area (Å²) in [5.74, 6) is -0.250. The van der Waals surface area contributed by atoms with Crippen LogP contribution in [0.25, 0.3) is 0 Å². The average molecular weight is 345 g/mol. The topological polar surface area (TPSA) is 71.1 Å². The number of nitrogens with zero attached hydrogens (tertiary/aromatic N) is 1. The number of rotatable bonds is 7. The number of thiazole rings is 1. The molecular weight excluding hydrogens is 322 g/mol. The van der Waals surface area contributed by atoms with Crippen LogP contribution in [0.5, 0.6) is 0 Å². The molecule has 0 aliphatic rings. The SMILES string of the molecule is CCCCc1nc(C)c(C(=O)NCc2cccc(C(=O)NC)c2)s1. The minimum absolute atomic E-state index is 0.113. The molecule has 6 heteroatoms. The van der Waals surface area contributed by atoms with Crippen LogP contribution in [-0.4, -0.2) is 23.8 Å². The number of benzene rings is 1. The zero-order chi connectivity index (χ0) is 17.5. The van der Waals surface area contributed by atoms with Crippen molar-refractivity contribution in [2.75, 3.05) is 7.05 Å². The highest BCUT2D eigenvalue weighted by Gasteiger charge is 2.15. The first kappa shape index (κ1) is 18.1. The molecule has 2 aromatic rings. The maximum Gasteiger partial charge on any atom is 0.263 e. The van der Waals surface area contributed by atoms with Gasteiger partial charge in [0, 0.05) is 19.2 Å². The van der Waals surface area contributed by atoms with Crippen LogP contribution in [0.4, 0.5) is 0 Å². The molecule has 0 aliphatic heterocycles. The van der Waals surface area contributed by atoms with E-state index in [4.69, 9.17) is 0 Å². The van der Waals surface area contributed by atoms with E-state index in [0.717, 1.165) is 35.5 Å². The van der Waals surface area contributed by atoms with E-state index in [9.17, 15) is 9.59 Å². The molecule has 1 aromatic carbocycles. The predicted octanol–water partition coefficient (Wildman–Crippen LogP) is 3.08. The Kier molecular flexibility index (Phi) is 6.49. The second kappa shape index (κ2) is 8.59. The first-order valence-corrected chi connectivity index (χ1v) is 8.92. The lowest BCUT2D eigenvalue weighted by Crippen LogP contribution is -2.23. The van der Waals surface area contributed by atoms with Gasteiger partial charge in [-0.1, -0.05) is 25.5 Å². The summed E-state index contributed by atoms with van der Waals surface area (Å²) in [6.45, 7) is 4.39. The summed E-state index contributed by atoms with van der Waals surface area (Å²) < 4.78 is 0. The lowest BCUT2D eigenvalue weighted by molar-refractivity contribution is 0.0951. The van der Waals surface area contributed by atoms with Gasteiger partial charge in [-0.05, 0) is 37.5 Å². The monoisotopic (exact) mass is 345 g/mol. The Balaban J connectivity index is 2.00. The van der Waals surface area contributed by atoms with Gasteiger partial charge in [-0.15, -0.1) is 11.3 Å². The molecule has 128 valence electrons. The van der Waals surface area contributed by atoms with E-state index in [1.807, 2.05) is 19.1 Å². The molecule has 1 heterocycles. The lowest BCUT2D eigenvalue weighted by atomic mass is 10.1. The third kappa shape index (κ3) is 4.64. The number of unbranched alkanes of at least 4 members (excludes halogenated alkanes) is 1. The van der Waals surface area contributed by atoms with Gasteiger partial charge >= 0.3 is 0 Å². The molecule has 0 radical (unpaired) electrons. The van der Waals surface area contributed by atoms with Crippen molar-refractivity contribution >= 4 is 23.2 Å². The molecule has 0 saturated heterocycles. The lowest BCUT2D eigenvalue weighted by Gasteiger charge is -2.06. The van der Waals surface area contributed by atoms with E-state index < -0.39 is 0 Å². The summed E-state index contributed by atoms with van der Waals surface area (Å²) in [5.41, 5.74) is 2.25. The largest absolute Gasteiger partial charge is 0.355 e. The van der Waals surface area contributed by atoms with Gasteiger partial charge < -0.3 is 10.6 Å². The molecular formula is C18H23N3O2S. The minimum atomic E-state index is -0.137. The molecule has 0 spiro atoms. The highest BCUT2D eigenvalue weighted by atomic mass is 32.1. The number of carbonyl (C=O) groups excluding carboxylic acids is 2. The van der Waals surface area contributed by atoms with Crippen molar-refractivity contribution in [3.8, 4) is 0 Å². The van der Waals surface area contributed by atoms with E-state index in [1.165, 1.54) is 11.3 Å². The molecule has 24 heavy (non-hydrogen) atoms. The summed E-state index contributed by atoms with van der Waals surface area (Å²) in [6, 6.07) is 7.23.